The van der Waals surface area contributed by atoms with Crippen LogP contribution in [0, 0.1) is 0 Å². The van der Waals surface area contributed by atoms with E-state index in [9.17, 15) is 21.6 Å². The molecule has 3 aromatic rings. The molecule has 0 bridgehead atoms. The van der Waals surface area contributed by atoms with Gasteiger partial charge in [0.25, 0.3) is 15.9 Å². The standard InChI is InChI=1S/C23H25N3O5S2/c1-17(18-12-14-21(15-13-18)32(24,28)29)25(2)23(27)19-8-7-11-22(16-19)33(30,31)26(3)20-9-5-4-6-10-20/h4-17H,1-3H3,(H2,24,28,29)/t17-/m0/s1. The SMILES string of the molecule is C[C@@H](c1ccc(S(N)(=O)=O)cc1)N(C)C(=O)c1cccc(S(=O)(=O)N(C)c2ccccc2)c1. The number of carbonyl (C=O) groups excluding carboxylic acids is 1. The smallest absolute Gasteiger partial charge is 0.264 e. The number of nitrogens with two attached hydrogens (primary N) is 1. The number of carbonyl (C=O) groups is 1. The number of primary sulfonamides is 1. The van der Waals surface area contributed by atoms with E-state index < -0.39 is 26.1 Å². The Kier molecular flexibility index (Phi) is 6.92. The first-order valence-corrected chi connectivity index (χ1v) is 13.0. The normalized spacial score (nSPS) is 12.7. The monoisotopic (exact) mass is 487 g/mol. The lowest BCUT2D eigenvalue weighted by Crippen LogP contribution is -2.30. The second-order valence-electron chi connectivity index (χ2n) is 7.54. The van der Waals surface area contributed by atoms with Crippen LogP contribution in [0.3, 0.4) is 0 Å². The summed E-state index contributed by atoms with van der Waals surface area (Å²) in [6, 6.07) is 20.1. The third-order valence-electron chi connectivity index (χ3n) is 5.45. The number of rotatable bonds is 7. The maximum atomic E-state index is 13.1. The molecule has 10 heteroatoms. The molecule has 0 spiro atoms. The summed E-state index contributed by atoms with van der Waals surface area (Å²) in [4.78, 5) is 14.5. The Balaban J connectivity index is 1.85. The highest BCUT2D eigenvalue weighted by molar-refractivity contribution is 7.92. The van der Waals surface area contributed by atoms with E-state index in [1.165, 1.54) is 42.3 Å². The lowest BCUT2D eigenvalue weighted by Gasteiger charge is -2.26. The number of sulfonamides is 2. The van der Waals surface area contributed by atoms with Crippen LogP contribution < -0.4 is 9.44 Å². The van der Waals surface area contributed by atoms with Gasteiger partial charge in [-0.15, -0.1) is 0 Å². The molecule has 0 aliphatic carbocycles. The highest BCUT2D eigenvalue weighted by Crippen LogP contribution is 2.25. The number of anilines is 1. The van der Waals surface area contributed by atoms with Crippen LogP contribution >= 0.6 is 0 Å². The fourth-order valence-electron chi connectivity index (χ4n) is 3.26. The quantitative estimate of drug-likeness (QED) is 0.550. The average Bonchev–Trinajstić information content (AvgIpc) is 2.82. The molecule has 0 radical (unpaired) electrons. The van der Waals surface area contributed by atoms with Crippen LogP contribution in [0.1, 0.15) is 28.9 Å². The maximum absolute atomic E-state index is 13.1. The van der Waals surface area contributed by atoms with Crippen LogP contribution in [0.2, 0.25) is 0 Å². The van der Waals surface area contributed by atoms with Gasteiger partial charge in [-0.25, -0.2) is 22.0 Å². The first-order chi connectivity index (χ1) is 15.4. The van der Waals surface area contributed by atoms with E-state index in [0.717, 1.165) is 4.31 Å². The molecule has 3 aromatic carbocycles. The highest BCUT2D eigenvalue weighted by Gasteiger charge is 2.24. The van der Waals surface area contributed by atoms with Gasteiger partial charge in [-0.3, -0.25) is 9.10 Å². The molecule has 0 unspecified atom stereocenters. The molecule has 33 heavy (non-hydrogen) atoms. The number of nitrogens with zero attached hydrogens (tertiary/aromatic N) is 2. The summed E-state index contributed by atoms with van der Waals surface area (Å²) in [5.74, 6) is -0.377. The molecule has 8 nitrogen and oxygen atoms in total. The molecule has 174 valence electrons. The van der Waals surface area contributed by atoms with E-state index in [1.807, 2.05) is 0 Å². The van der Waals surface area contributed by atoms with Crippen LogP contribution in [0.5, 0.6) is 0 Å². The van der Waals surface area contributed by atoms with E-state index in [0.29, 0.717) is 11.3 Å². The van der Waals surface area contributed by atoms with Gasteiger partial charge in [-0.2, -0.15) is 0 Å². The third kappa shape index (κ3) is 5.24. The minimum absolute atomic E-state index is 0.00161. The zero-order valence-corrected chi connectivity index (χ0v) is 20.0. The van der Waals surface area contributed by atoms with E-state index in [-0.39, 0.29) is 21.3 Å². The molecule has 0 aromatic heterocycles. The van der Waals surface area contributed by atoms with Gasteiger partial charge in [-0.1, -0.05) is 36.4 Å². The first-order valence-electron chi connectivity index (χ1n) is 9.97. The number of hydrogen-bond acceptors (Lipinski definition) is 5. The fraction of sp³-hybridized carbons (Fsp3) is 0.174. The van der Waals surface area contributed by atoms with Crippen LogP contribution in [0.4, 0.5) is 5.69 Å². The summed E-state index contributed by atoms with van der Waals surface area (Å²) in [5.41, 5.74) is 1.42. The summed E-state index contributed by atoms with van der Waals surface area (Å²) in [6.45, 7) is 1.79. The van der Waals surface area contributed by atoms with Gasteiger partial charge >= 0.3 is 0 Å². The average molecular weight is 488 g/mol. The van der Waals surface area contributed by atoms with Crippen molar-refractivity contribution in [2.45, 2.75) is 22.8 Å². The number of hydrogen-bond donors (Lipinski definition) is 1. The lowest BCUT2D eigenvalue weighted by molar-refractivity contribution is 0.0742. The maximum Gasteiger partial charge on any atom is 0.264 e. The van der Waals surface area contributed by atoms with E-state index in [4.69, 9.17) is 5.14 Å². The molecular formula is C23H25N3O5S2. The van der Waals surface area contributed by atoms with Crippen LogP contribution in [-0.4, -0.2) is 41.7 Å². The van der Waals surface area contributed by atoms with Crippen molar-refractivity contribution in [1.82, 2.24) is 4.90 Å². The lowest BCUT2D eigenvalue weighted by atomic mass is 10.1. The fourth-order valence-corrected chi connectivity index (χ4v) is 5.02. The van der Waals surface area contributed by atoms with Crippen molar-refractivity contribution in [3.63, 3.8) is 0 Å². The van der Waals surface area contributed by atoms with Crippen LogP contribution in [0.15, 0.2) is 88.7 Å². The van der Waals surface area contributed by atoms with Gasteiger partial charge < -0.3 is 4.90 Å². The van der Waals surface area contributed by atoms with E-state index in [2.05, 4.69) is 0 Å². The Labute approximate surface area is 194 Å². The van der Waals surface area contributed by atoms with Gasteiger partial charge in [0.05, 0.1) is 21.5 Å². The van der Waals surface area contributed by atoms with Gasteiger partial charge in [-0.05, 0) is 55.0 Å². The molecule has 2 N–H and O–H groups in total. The molecule has 0 heterocycles. The topological polar surface area (TPSA) is 118 Å². The predicted octanol–water partition coefficient (Wildman–Crippen LogP) is 2.99. The number of para-hydroxylation sites is 1. The molecule has 0 aliphatic rings. The van der Waals surface area contributed by atoms with Crippen molar-refractivity contribution in [2.75, 3.05) is 18.4 Å². The van der Waals surface area contributed by atoms with Crippen LogP contribution in [-0.2, 0) is 20.0 Å². The minimum atomic E-state index is -3.87. The summed E-state index contributed by atoms with van der Waals surface area (Å²) in [5, 5.41) is 5.13. The molecule has 3 rings (SSSR count). The summed E-state index contributed by atoms with van der Waals surface area (Å²) in [6.07, 6.45) is 0. The Hall–Kier alpha value is -3.21. The van der Waals surface area contributed by atoms with E-state index >= 15 is 0 Å². The predicted molar refractivity (Wildman–Crippen MR) is 127 cm³/mol. The summed E-state index contributed by atoms with van der Waals surface area (Å²) < 4.78 is 50.2. The number of benzene rings is 3. The zero-order chi connectivity index (χ0) is 24.4. The highest BCUT2D eigenvalue weighted by atomic mass is 32.2. The first kappa shape index (κ1) is 24.4. The molecule has 0 fully saturated rings. The molecule has 0 aliphatic heterocycles. The third-order valence-corrected chi connectivity index (χ3v) is 8.16. The molecule has 0 saturated carbocycles. The molecule has 1 atom stereocenters. The largest absolute Gasteiger partial charge is 0.335 e. The van der Waals surface area contributed by atoms with Crippen molar-refractivity contribution in [2.24, 2.45) is 5.14 Å². The Morgan fingerprint density at radius 1 is 0.818 bits per heavy atom. The number of amides is 1. The van der Waals surface area contributed by atoms with Gasteiger partial charge in [0.1, 0.15) is 0 Å². The van der Waals surface area contributed by atoms with Crippen molar-refractivity contribution in [1.29, 1.82) is 0 Å². The zero-order valence-electron chi connectivity index (χ0n) is 18.4. The molecular weight excluding hydrogens is 462 g/mol. The molecule has 0 saturated heterocycles. The second kappa shape index (κ2) is 9.34. The van der Waals surface area contributed by atoms with Crippen molar-refractivity contribution in [3.05, 3.63) is 90.0 Å². The van der Waals surface area contributed by atoms with Gasteiger partial charge in [0, 0.05) is 19.7 Å². The summed E-state index contributed by atoms with van der Waals surface area (Å²) in [7, 11) is -4.63. The van der Waals surface area contributed by atoms with Gasteiger partial charge in [0.2, 0.25) is 10.0 Å². The van der Waals surface area contributed by atoms with Crippen molar-refractivity contribution >= 4 is 31.6 Å². The van der Waals surface area contributed by atoms with E-state index in [1.54, 1.807) is 62.5 Å². The minimum Gasteiger partial charge on any atom is -0.335 e. The summed E-state index contributed by atoms with van der Waals surface area (Å²) >= 11 is 0. The van der Waals surface area contributed by atoms with Crippen molar-refractivity contribution in [3.8, 4) is 0 Å². The Morgan fingerprint density at radius 3 is 2.00 bits per heavy atom. The second-order valence-corrected chi connectivity index (χ2v) is 11.1. The Bertz CT molecular complexity index is 1360. The van der Waals surface area contributed by atoms with Crippen LogP contribution in [0.25, 0.3) is 0 Å². The van der Waals surface area contributed by atoms with Gasteiger partial charge in [0.15, 0.2) is 0 Å². The van der Waals surface area contributed by atoms with Crippen molar-refractivity contribution < 1.29 is 21.6 Å². The Morgan fingerprint density at radius 2 is 1.42 bits per heavy atom. The molecule has 1 amide bonds.